The van der Waals surface area contributed by atoms with Crippen LogP contribution in [0.4, 0.5) is 0 Å². The fourth-order valence-electron chi connectivity index (χ4n) is 1.70. The van der Waals surface area contributed by atoms with Gasteiger partial charge in [0.05, 0.1) is 0 Å². The Kier molecular flexibility index (Phi) is 4.37. The van der Waals surface area contributed by atoms with Crippen LogP contribution in [0, 0.1) is 0 Å². The van der Waals surface area contributed by atoms with Gasteiger partial charge in [0.2, 0.25) is 0 Å². The van der Waals surface area contributed by atoms with E-state index in [9.17, 15) is 0 Å². The zero-order valence-corrected chi connectivity index (χ0v) is 11.7. The highest BCUT2D eigenvalue weighted by atomic mass is 79.9. The highest BCUT2D eigenvalue weighted by Gasteiger charge is 2.08. The molecule has 0 nitrogen and oxygen atoms in total. The lowest BCUT2D eigenvalue weighted by Gasteiger charge is -2.07. The third-order valence-corrected chi connectivity index (χ3v) is 5.74. The molecule has 0 aliphatic rings. The summed E-state index contributed by atoms with van der Waals surface area (Å²) in [5, 5.41) is 0. The SMILES string of the molecule is Br[Si](Cc1ccccc1)Cc1ccccc1. The second-order valence-electron chi connectivity index (χ2n) is 3.84. The molecule has 0 unspecified atom stereocenters. The van der Waals surface area contributed by atoms with Gasteiger partial charge >= 0.3 is 0 Å². The molecule has 1 radical (unpaired) electrons. The second-order valence-corrected chi connectivity index (χ2v) is 8.95. The minimum absolute atomic E-state index is 0.482. The Labute approximate surface area is 107 Å². The molecule has 2 aromatic carbocycles. The van der Waals surface area contributed by atoms with E-state index in [2.05, 4.69) is 76.0 Å². The number of hydrogen-bond donors (Lipinski definition) is 0. The Morgan fingerprint density at radius 1 is 0.688 bits per heavy atom. The molecule has 2 aromatic rings. The van der Waals surface area contributed by atoms with Crippen LogP contribution in [-0.4, -0.2) is 7.42 Å². The summed E-state index contributed by atoms with van der Waals surface area (Å²) < 4.78 is 0. The number of halogens is 1. The molecule has 0 aromatic heterocycles. The van der Waals surface area contributed by atoms with E-state index in [0.717, 1.165) is 0 Å². The first-order valence-electron chi connectivity index (χ1n) is 5.42. The number of hydrogen-bond acceptors (Lipinski definition) is 0. The van der Waals surface area contributed by atoms with Crippen LogP contribution in [-0.2, 0) is 12.1 Å². The van der Waals surface area contributed by atoms with Crippen LogP contribution < -0.4 is 0 Å². The van der Waals surface area contributed by atoms with E-state index in [1.807, 2.05) is 0 Å². The Balaban J connectivity index is 1.92. The normalized spacial score (nSPS) is 10.6. The van der Waals surface area contributed by atoms with Crippen LogP contribution in [0.15, 0.2) is 60.7 Å². The summed E-state index contributed by atoms with van der Waals surface area (Å²) in [5.41, 5.74) is 2.87. The van der Waals surface area contributed by atoms with Gasteiger partial charge < -0.3 is 0 Å². The molecule has 0 amide bonds. The molecule has 2 heteroatoms. The third kappa shape index (κ3) is 3.61. The van der Waals surface area contributed by atoms with Crippen LogP contribution in [0.3, 0.4) is 0 Å². The van der Waals surface area contributed by atoms with Gasteiger partial charge in [-0.3, -0.25) is 0 Å². The van der Waals surface area contributed by atoms with E-state index in [0.29, 0.717) is 0 Å². The summed E-state index contributed by atoms with van der Waals surface area (Å²) in [6.07, 6.45) is 0. The molecule has 0 heterocycles. The predicted molar refractivity (Wildman–Crippen MR) is 75.0 cm³/mol. The summed E-state index contributed by atoms with van der Waals surface area (Å²) in [6, 6.07) is 23.8. The fourth-order valence-corrected chi connectivity index (χ4v) is 5.12. The van der Waals surface area contributed by atoms with E-state index >= 15 is 0 Å². The van der Waals surface area contributed by atoms with E-state index in [4.69, 9.17) is 0 Å². The van der Waals surface area contributed by atoms with Crippen LogP contribution in [0.5, 0.6) is 0 Å². The Bertz CT molecular complexity index is 372. The van der Waals surface area contributed by atoms with Gasteiger partial charge in [-0.1, -0.05) is 71.8 Å². The summed E-state index contributed by atoms with van der Waals surface area (Å²) in [4.78, 5) is 0. The molecular weight excluding hydrogens is 276 g/mol. The van der Waals surface area contributed by atoms with E-state index in [1.165, 1.54) is 23.2 Å². The Morgan fingerprint density at radius 3 is 1.44 bits per heavy atom. The maximum Gasteiger partial charge on any atom is 0.144 e. The molecule has 0 fully saturated rings. The molecule has 0 N–H and O–H groups in total. The average Bonchev–Trinajstić information content (AvgIpc) is 2.31. The first kappa shape index (κ1) is 11.6. The Morgan fingerprint density at radius 2 is 1.06 bits per heavy atom. The highest BCUT2D eigenvalue weighted by molar-refractivity contribution is 9.24. The summed E-state index contributed by atoms with van der Waals surface area (Å²) in [7, 11) is -0.482. The minimum Gasteiger partial charge on any atom is -0.128 e. The first-order chi connectivity index (χ1) is 7.84. The van der Waals surface area contributed by atoms with E-state index in [1.54, 1.807) is 0 Å². The van der Waals surface area contributed by atoms with Crippen molar-refractivity contribution in [1.29, 1.82) is 0 Å². The number of rotatable bonds is 4. The maximum absolute atomic E-state index is 3.85. The van der Waals surface area contributed by atoms with Crippen molar-refractivity contribution in [1.82, 2.24) is 0 Å². The first-order valence-corrected chi connectivity index (χ1v) is 9.60. The molecular formula is C14H14BrSi. The standard InChI is InChI=1S/C14H14BrSi/c15-16(11-13-7-3-1-4-8-13)12-14-9-5-2-6-10-14/h1-10H,11-12H2. The maximum atomic E-state index is 3.85. The van der Waals surface area contributed by atoms with Crippen LogP contribution in [0.2, 0.25) is 0 Å². The molecule has 0 bridgehead atoms. The quantitative estimate of drug-likeness (QED) is 0.591. The zero-order chi connectivity index (χ0) is 11.2. The highest BCUT2D eigenvalue weighted by Crippen LogP contribution is 2.11. The van der Waals surface area contributed by atoms with Crippen molar-refractivity contribution >= 4 is 22.7 Å². The lowest BCUT2D eigenvalue weighted by molar-refractivity contribution is 1.30. The zero-order valence-electron chi connectivity index (χ0n) is 9.07. The Hall–Kier alpha value is -0.863. The molecule has 0 aliphatic carbocycles. The lowest BCUT2D eigenvalue weighted by Crippen LogP contribution is -2.12. The third-order valence-electron chi connectivity index (χ3n) is 2.48. The minimum atomic E-state index is -0.482. The van der Waals surface area contributed by atoms with E-state index < -0.39 is 7.42 Å². The van der Waals surface area contributed by atoms with Gasteiger partial charge in [-0.2, -0.15) is 0 Å². The van der Waals surface area contributed by atoms with Gasteiger partial charge in [0.1, 0.15) is 7.42 Å². The molecule has 0 atom stereocenters. The molecule has 0 saturated heterocycles. The monoisotopic (exact) mass is 289 g/mol. The van der Waals surface area contributed by atoms with Crippen LogP contribution >= 0.6 is 15.3 Å². The molecule has 0 saturated carbocycles. The van der Waals surface area contributed by atoms with Gasteiger partial charge in [0.15, 0.2) is 0 Å². The van der Waals surface area contributed by atoms with Crippen molar-refractivity contribution in [3.8, 4) is 0 Å². The van der Waals surface area contributed by atoms with Gasteiger partial charge in [0.25, 0.3) is 0 Å². The summed E-state index contributed by atoms with van der Waals surface area (Å²) in [5.74, 6) is 0. The van der Waals surface area contributed by atoms with Gasteiger partial charge in [-0.25, -0.2) is 0 Å². The molecule has 16 heavy (non-hydrogen) atoms. The average molecular weight is 290 g/mol. The van der Waals surface area contributed by atoms with Crippen LogP contribution in [0.1, 0.15) is 11.1 Å². The summed E-state index contributed by atoms with van der Waals surface area (Å²) in [6.45, 7) is 0. The molecule has 0 aliphatic heterocycles. The predicted octanol–water partition coefficient (Wildman–Crippen LogP) is 3.94. The van der Waals surface area contributed by atoms with Crippen molar-refractivity contribution in [2.45, 2.75) is 12.1 Å². The van der Waals surface area contributed by atoms with Crippen LogP contribution in [0.25, 0.3) is 0 Å². The van der Waals surface area contributed by atoms with Gasteiger partial charge in [-0.05, 0) is 12.1 Å². The topological polar surface area (TPSA) is 0 Å². The second kappa shape index (κ2) is 6.02. The largest absolute Gasteiger partial charge is 0.144 e. The van der Waals surface area contributed by atoms with Crippen molar-refractivity contribution in [3.05, 3.63) is 71.8 Å². The van der Waals surface area contributed by atoms with Gasteiger partial charge in [0, 0.05) is 0 Å². The molecule has 2 rings (SSSR count). The smallest absolute Gasteiger partial charge is 0.128 e. The van der Waals surface area contributed by atoms with E-state index in [-0.39, 0.29) is 0 Å². The molecule has 0 spiro atoms. The van der Waals surface area contributed by atoms with Crippen molar-refractivity contribution in [2.24, 2.45) is 0 Å². The molecule has 81 valence electrons. The van der Waals surface area contributed by atoms with Crippen molar-refractivity contribution < 1.29 is 0 Å². The lowest BCUT2D eigenvalue weighted by atomic mass is 10.2. The summed E-state index contributed by atoms with van der Waals surface area (Å²) >= 11 is 3.85. The number of benzene rings is 2. The van der Waals surface area contributed by atoms with Crippen molar-refractivity contribution in [3.63, 3.8) is 0 Å². The fraction of sp³-hybridized carbons (Fsp3) is 0.143. The van der Waals surface area contributed by atoms with Crippen molar-refractivity contribution in [2.75, 3.05) is 0 Å². The van der Waals surface area contributed by atoms with Gasteiger partial charge in [-0.15, -0.1) is 15.3 Å².